The molecular formula is C21H16Cl2O3. The fourth-order valence-electron chi connectivity index (χ4n) is 2.58. The Hall–Kier alpha value is -2.49. The van der Waals surface area contributed by atoms with Crippen molar-refractivity contribution in [1.29, 1.82) is 0 Å². The fraction of sp³-hybridized carbons (Fsp3) is 0.0952. The largest absolute Gasteiger partial charge is 0.478 e. The monoisotopic (exact) mass is 386 g/mol. The van der Waals surface area contributed by atoms with Gasteiger partial charge in [0.1, 0.15) is 5.75 Å². The summed E-state index contributed by atoms with van der Waals surface area (Å²) in [6.45, 7) is 0. The van der Waals surface area contributed by atoms with Crippen molar-refractivity contribution >= 4 is 29.2 Å². The molecule has 0 saturated carbocycles. The van der Waals surface area contributed by atoms with Crippen LogP contribution in [0.2, 0.25) is 10.0 Å². The molecule has 5 heteroatoms. The van der Waals surface area contributed by atoms with Crippen molar-refractivity contribution in [1.82, 2.24) is 0 Å². The molecule has 132 valence electrons. The first-order valence-electron chi connectivity index (χ1n) is 8.02. The molecule has 0 aliphatic rings. The summed E-state index contributed by atoms with van der Waals surface area (Å²) in [6.07, 6.45) is -0.832. The van der Waals surface area contributed by atoms with Crippen molar-refractivity contribution in [3.8, 4) is 16.9 Å². The third-order valence-electron chi connectivity index (χ3n) is 3.92. The number of halogens is 2. The highest BCUT2D eigenvalue weighted by Crippen LogP contribution is 2.25. The Morgan fingerprint density at radius 1 is 0.885 bits per heavy atom. The Morgan fingerprint density at radius 3 is 2.15 bits per heavy atom. The quantitative estimate of drug-likeness (QED) is 0.587. The molecule has 3 rings (SSSR count). The minimum absolute atomic E-state index is 0.187. The zero-order valence-electron chi connectivity index (χ0n) is 13.7. The van der Waals surface area contributed by atoms with E-state index in [9.17, 15) is 9.90 Å². The minimum atomic E-state index is -1.04. The summed E-state index contributed by atoms with van der Waals surface area (Å²) in [5, 5.41) is 10.3. The predicted octanol–water partition coefficient (Wildman–Crippen LogP) is 5.74. The molecule has 0 bridgehead atoms. The highest BCUT2D eigenvalue weighted by Gasteiger charge is 2.20. The molecule has 0 amide bonds. The Balaban J connectivity index is 1.73. The zero-order valence-corrected chi connectivity index (χ0v) is 15.2. The highest BCUT2D eigenvalue weighted by atomic mass is 35.5. The molecule has 1 N–H and O–H groups in total. The third kappa shape index (κ3) is 4.57. The molecule has 3 nitrogen and oxygen atoms in total. The lowest BCUT2D eigenvalue weighted by atomic mass is 10.1. The summed E-state index contributed by atoms with van der Waals surface area (Å²) in [5.74, 6) is -0.541. The van der Waals surface area contributed by atoms with E-state index in [-0.39, 0.29) is 6.42 Å². The molecule has 0 spiro atoms. The summed E-state index contributed by atoms with van der Waals surface area (Å²) < 4.78 is 5.67. The van der Waals surface area contributed by atoms with Crippen molar-refractivity contribution < 1.29 is 14.6 Å². The van der Waals surface area contributed by atoms with Crippen LogP contribution >= 0.6 is 23.2 Å². The van der Waals surface area contributed by atoms with Crippen LogP contribution in [0.25, 0.3) is 11.1 Å². The van der Waals surface area contributed by atoms with Gasteiger partial charge in [-0.25, -0.2) is 4.79 Å². The first kappa shape index (κ1) is 18.3. The van der Waals surface area contributed by atoms with E-state index in [1.165, 1.54) is 0 Å². The Kier molecular flexibility index (Phi) is 5.82. The van der Waals surface area contributed by atoms with Gasteiger partial charge in [-0.3, -0.25) is 0 Å². The minimum Gasteiger partial charge on any atom is -0.478 e. The Morgan fingerprint density at radius 2 is 1.54 bits per heavy atom. The van der Waals surface area contributed by atoms with E-state index in [2.05, 4.69) is 0 Å². The molecule has 3 aromatic rings. The van der Waals surface area contributed by atoms with Gasteiger partial charge in [0.05, 0.1) is 10.0 Å². The van der Waals surface area contributed by atoms with E-state index >= 15 is 0 Å². The first-order valence-corrected chi connectivity index (χ1v) is 8.77. The van der Waals surface area contributed by atoms with Crippen LogP contribution in [0.5, 0.6) is 5.75 Å². The van der Waals surface area contributed by atoms with Crippen LogP contribution in [-0.2, 0) is 11.2 Å². The molecular weight excluding hydrogens is 371 g/mol. The van der Waals surface area contributed by atoms with Gasteiger partial charge in [0.25, 0.3) is 0 Å². The number of benzene rings is 3. The molecule has 1 atom stereocenters. The first-order chi connectivity index (χ1) is 12.5. The number of rotatable bonds is 6. The normalized spacial score (nSPS) is 11.8. The van der Waals surface area contributed by atoms with Gasteiger partial charge in [0, 0.05) is 6.42 Å². The average Bonchev–Trinajstić information content (AvgIpc) is 2.65. The molecule has 0 aromatic heterocycles. The van der Waals surface area contributed by atoms with E-state index in [1.807, 2.05) is 42.5 Å². The third-order valence-corrected chi connectivity index (χ3v) is 4.66. The highest BCUT2D eigenvalue weighted by molar-refractivity contribution is 6.42. The second kappa shape index (κ2) is 8.26. The van der Waals surface area contributed by atoms with Gasteiger partial charge >= 0.3 is 5.97 Å². The maximum absolute atomic E-state index is 11.6. The average molecular weight is 387 g/mol. The van der Waals surface area contributed by atoms with Crippen LogP contribution in [0.1, 0.15) is 5.56 Å². The van der Waals surface area contributed by atoms with Crippen LogP contribution < -0.4 is 4.74 Å². The van der Waals surface area contributed by atoms with Crippen LogP contribution in [0, 0.1) is 0 Å². The SMILES string of the molecule is O=C(O)[C@H](Cc1ccc(Cl)c(Cl)c1)Oc1ccc(-c2ccccc2)cc1. The summed E-state index contributed by atoms with van der Waals surface area (Å²) >= 11 is 11.9. The maximum atomic E-state index is 11.6. The topological polar surface area (TPSA) is 46.5 Å². The molecule has 0 heterocycles. The molecule has 26 heavy (non-hydrogen) atoms. The van der Waals surface area contributed by atoms with Crippen LogP contribution in [0.4, 0.5) is 0 Å². The number of hydrogen-bond donors (Lipinski definition) is 1. The lowest BCUT2D eigenvalue weighted by molar-refractivity contribution is -0.145. The Bertz CT molecular complexity index is 893. The maximum Gasteiger partial charge on any atom is 0.345 e. The van der Waals surface area contributed by atoms with E-state index in [4.69, 9.17) is 27.9 Å². The number of hydrogen-bond acceptors (Lipinski definition) is 2. The molecule has 0 saturated heterocycles. The molecule has 3 aromatic carbocycles. The smallest absolute Gasteiger partial charge is 0.345 e. The summed E-state index contributed by atoms with van der Waals surface area (Å²) in [7, 11) is 0. The van der Waals surface area contributed by atoms with Gasteiger partial charge in [0.2, 0.25) is 0 Å². The lowest BCUT2D eigenvalue weighted by Gasteiger charge is -2.16. The van der Waals surface area contributed by atoms with E-state index in [1.54, 1.807) is 30.3 Å². The van der Waals surface area contributed by atoms with E-state index < -0.39 is 12.1 Å². The van der Waals surface area contributed by atoms with Crippen LogP contribution in [-0.4, -0.2) is 17.2 Å². The van der Waals surface area contributed by atoms with Crippen LogP contribution in [0.15, 0.2) is 72.8 Å². The number of ether oxygens (including phenoxy) is 1. The summed E-state index contributed by atoms with van der Waals surface area (Å²) in [6, 6.07) is 22.3. The summed E-state index contributed by atoms with van der Waals surface area (Å²) in [5.41, 5.74) is 2.87. The number of carboxylic acids is 1. The van der Waals surface area contributed by atoms with E-state index in [0.717, 1.165) is 16.7 Å². The second-order valence-corrected chi connectivity index (χ2v) is 6.60. The van der Waals surface area contributed by atoms with Gasteiger partial charge in [-0.2, -0.15) is 0 Å². The van der Waals surface area contributed by atoms with Gasteiger partial charge in [-0.05, 0) is 41.0 Å². The molecule has 0 radical (unpaired) electrons. The van der Waals surface area contributed by atoms with Gasteiger partial charge < -0.3 is 9.84 Å². The number of aliphatic carboxylic acids is 1. The lowest BCUT2D eigenvalue weighted by Crippen LogP contribution is -2.29. The molecule has 0 aliphatic heterocycles. The molecule has 0 aliphatic carbocycles. The van der Waals surface area contributed by atoms with Gasteiger partial charge in [0.15, 0.2) is 6.10 Å². The van der Waals surface area contributed by atoms with Crippen molar-refractivity contribution in [2.24, 2.45) is 0 Å². The van der Waals surface area contributed by atoms with Crippen molar-refractivity contribution in [2.45, 2.75) is 12.5 Å². The predicted molar refractivity (Wildman–Crippen MR) is 104 cm³/mol. The Labute approximate surface area is 161 Å². The van der Waals surface area contributed by atoms with Gasteiger partial charge in [-0.1, -0.05) is 71.7 Å². The number of carboxylic acid groups (broad SMARTS) is 1. The second-order valence-electron chi connectivity index (χ2n) is 5.79. The van der Waals surface area contributed by atoms with Gasteiger partial charge in [-0.15, -0.1) is 0 Å². The van der Waals surface area contributed by atoms with Crippen LogP contribution in [0.3, 0.4) is 0 Å². The molecule has 0 unspecified atom stereocenters. The van der Waals surface area contributed by atoms with E-state index in [0.29, 0.717) is 15.8 Å². The fourth-order valence-corrected chi connectivity index (χ4v) is 2.90. The molecule has 0 fully saturated rings. The number of carbonyl (C=O) groups is 1. The summed E-state index contributed by atoms with van der Waals surface area (Å²) in [4.78, 5) is 11.6. The van der Waals surface area contributed by atoms with Crippen molar-refractivity contribution in [3.63, 3.8) is 0 Å². The zero-order chi connectivity index (χ0) is 18.5. The van der Waals surface area contributed by atoms with Crippen molar-refractivity contribution in [3.05, 3.63) is 88.4 Å². The standard InChI is InChI=1S/C21H16Cl2O3/c22-18-11-6-14(12-19(18)23)13-20(21(24)25)26-17-9-7-16(8-10-17)15-4-2-1-3-5-15/h1-12,20H,13H2,(H,24,25)/t20-/m0/s1. The van der Waals surface area contributed by atoms with Crippen molar-refractivity contribution in [2.75, 3.05) is 0 Å².